The average molecular weight is 487 g/mol. The van der Waals surface area contributed by atoms with Gasteiger partial charge in [-0.3, -0.25) is 9.59 Å². The van der Waals surface area contributed by atoms with Gasteiger partial charge in [0.25, 0.3) is 11.8 Å². The third-order valence-corrected chi connectivity index (χ3v) is 7.54. The highest BCUT2D eigenvalue weighted by molar-refractivity contribution is 8.04. The van der Waals surface area contributed by atoms with E-state index in [1.54, 1.807) is 23.1 Å². The summed E-state index contributed by atoms with van der Waals surface area (Å²) in [4.78, 5) is 31.5. The van der Waals surface area contributed by atoms with Crippen LogP contribution in [0.15, 0.2) is 82.6 Å². The minimum atomic E-state index is -0.328. The van der Waals surface area contributed by atoms with E-state index in [1.807, 2.05) is 59.5 Å². The van der Waals surface area contributed by atoms with Crippen LogP contribution in [0.3, 0.4) is 0 Å². The number of benzene rings is 3. The number of carbonyl (C=O) groups is 2. The Hall–Kier alpha value is -3.38. The molecule has 1 saturated heterocycles. The Balaban J connectivity index is 1.39. The van der Waals surface area contributed by atoms with Gasteiger partial charge in [0.05, 0.1) is 17.1 Å². The van der Waals surface area contributed by atoms with Gasteiger partial charge in [-0.2, -0.15) is 0 Å². The Kier molecular flexibility index (Phi) is 7.00. The van der Waals surface area contributed by atoms with Crippen LogP contribution in [0.2, 0.25) is 0 Å². The van der Waals surface area contributed by atoms with Gasteiger partial charge in [0.15, 0.2) is 0 Å². The van der Waals surface area contributed by atoms with Crippen molar-refractivity contribution in [3.63, 3.8) is 0 Å². The zero-order valence-corrected chi connectivity index (χ0v) is 20.3. The maximum absolute atomic E-state index is 14.4. The number of fused-ring (bicyclic) bond motifs is 1. The van der Waals surface area contributed by atoms with Gasteiger partial charge in [0, 0.05) is 29.1 Å². The molecule has 3 aromatic rings. The third kappa shape index (κ3) is 5.17. The predicted octanol–water partition coefficient (Wildman–Crippen LogP) is 6.52. The van der Waals surface area contributed by atoms with Gasteiger partial charge in [-0.25, -0.2) is 4.39 Å². The fourth-order valence-corrected chi connectivity index (χ4v) is 5.60. The van der Waals surface area contributed by atoms with Crippen LogP contribution in [0, 0.1) is 5.82 Å². The largest absolute Gasteiger partial charge is 0.339 e. The molecule has 35 heavy (non-hydrogen) atoms. The summed E-state index contributed by atoms with van der Waals surface area (Å²) >= 11 is 1.41. The number of halogens is 1. The SMILES string of the molecule is O=C(c1ccc(/C=C2\Sc3ccccc3N(Cc3ccccc3F)C2=O)cc1)N1CCCCCC1. The molecule has 0 atom stereocenters. The Bertz CT molecular complexity index is 1260. The van der Waals surface area contributed by atoms with Gasteiger partial charge in [-0.05, 0) is 54.8 Å². The van der Waals surface area contributed by atoms with Crippen molar-refractivity contribution in [1.29, 1.82) is 0 Å². The van der Waals surface area contributed by atoms with Crippen molar-refractivity contribution in [2.24, 2.45) is 0 Å². The summed E-state index contributed by atoms with van der Waals surface area (Å²) < 4.78 is 14.4. The lowest BCUT2D eigenvalue weighted by molar-refractivity contribution is -0.114. The van der Waals surface area contributed by atoms with Crippen LogP contribution in [-0.2, 0) is 11.3 Å². The molecule has 0 bridgehead atoms. The lowest BCUT2D eigenvalue weighted by Gasteiger charge is -2.30. The highest BCUT2D eigenvalue weighted by atomic mass is 32.2. The molecule has 0 unspecified atom stereocenters. The fourth-order valence-electron chi connectivity index (χ4n) is 4.55. The van der Waals surface area contributed by atoms with Gasteiger partial charge in [0.1, 0.15) is 5.82 Å². The van der Waals surface area contributed by atoms with Gasteiger partial charge in [-0.1, -0.05) is 67.1 Å². The standard InChI is InChI=1S/C29H27FN2O2S/c30-24-10-4-3-9-23(24)20-32-25-11-5-6-12-26(25)35-27(29(32)34)19-21-13-15-22(16-14-21)28(33)31-17-7-1-2-8-18-31/h3-6,9-16,19H,1-2,7-8,17-18,20H2/b27-19-. The number of carbonyl (C=O) groups excluding carboxylic acids is 2. The van der Waals surface area contributed by atoms with E-state index in [0.29, 0.717) is 16.0 Å². The van der Waals surface area contributed by atoms with Crippen LogP contribution in [-0.4, -0.2) is 29.8 Å². The van der Waals surface area contributed by atoms with Gasteiger partial charge < -0.3 is 9.80 Å². The lowest BCUT2D eigenvalue weighted by Crippen LogP contribution is -2.34. The number of hydrogen-bond acceptors (Lipinski definition) is 3. The van der Waals surface area contributed by atoms with Crippen molar-refractivity contribution in [2.75, 3.05) is 18.0 Å². The van der Waals surface area contributed by atoms with E-state index in [2.05, 4.69) is 0 Å². The van der Waals surface area contributed by atoms with Crippen molar-refractivity contribution >= 4 is 35.3 Å². The molecule has 3 aromatic carbocycles. The van der Waals surface area contributed by atoms with Crippen LogP contribution in [0.1, 0.15) is 47.2 Å². The molecule has 2 heterocycles. The molecule has 2 aliphatic heterocycles. The normalized spacial score (nSPS) is 17.3. The molecule has 5 rings (SSSR count). The monoisotopic (exact) mass is 486 g/mol. The quantitative estimate of drug-likeness (QED) is 0.394. The Morgan fingerprint density at radius 3 is 2.31 bits per heavy atom. The van der Waals surface area contributed by atoms with E-state index in [0.717, 1.165) is 42.1 Å². The summed E-state index contributed by atoms with van der Waals surface area (Å²) in [5, 5.41) is 0. The summed E-state index contributed by atoms with van der Waals surface area (Å²) in [6.07, 6.45) is 6.32. The van der Waals surface area contributed by atoms with Crippen LogP contribution < -0.4 is 4.90 Å². The maximum Gasteiger partial charge on any atom is 0.265 e. The van der Waals surface area contributed by atoms with Gasteiger partial charge >= 0.3 is 0 Å². The molecule has 0 N–H and O–H groups in total. The number of hydrogen-bond donors (Lipinski definition) is 0. The highest BCUT2D eigenvalue weighted by Gasteiger charge is 2.29. The molecule has 178 valence electrons. The number of likely N-dealkylation sites (tertiary alicyclic amines) is 1. The zero-order chi connectivity index (χ0) is 24.2. The summed E-state index contributed by atoms with van der Waals surface area (Å²) in [5.74, 6) is -0.424. The number of thioether (sulfide) groups is 1. The van der Waals surface area contributed by atoms with E-state index >= 15 is 0 Å². The smallest absolute Gasteiger partial charge is 0.265 e. The molecular formula is C29H27FN2O2S. The molecule has 0 saturated carbocycles. The Morgan fingerprint density at radius 2 is 1.57 bits per heavy atom. The Labute approximate surface area is 209 Å². The molecule has 0 spiro atoms. The van der Waals surface area contributed by atoms with E-state index in [9.17, 15) is 14.0 Å². The summed E-state index contributed by atoms with van der Waals surface area (Å²) in [6, 6.07) is 21.7. The second-order valence-corrected chi connectivity index (χ2v) is 9.97. The molecule has 6 heteroatoms. The molecule has 0 aliphatic carbocycles. The third-order valence-electron chi connectivity index (χ3n) is 6.47. The van der Waals surface area contributed by atoms with Crippen molar-refractivity contribution in [3.8, 4) is 0 Å². The number of rotatable bonds is 4. The maximum atomic E-state index is 14.4. The predicted molar refractivity (Wildman–Crippen MR) is 139 cm³/mol. The Morgan fingerprint density at radius 1 is 0.886 bits per heavy atom. The fraction of sp³-hybridized carbons (Fsp3) is 0.241. The molecular weight excluding hydrogens is 459 g/mol. The van der Waals surface area contributed by atoms with Crippen molar-refractivity contribution in [3.05, 3.63) is 100 Å². The molecule has 1 fully saturated rings. The summed E-state index contributed by atoms with van der Waals surface area (Å²) in [5.41, 5.74) is 2.77. The average Bonchev–Trinajstić information content (AvgIpc) is 3.17. The van der Waals surface area contributed by atoms with E-state index in [-0.39, 0.29) is 24.2 Å². The summed E-state index contributed by atoms with van der Waals surface area (Å²) in [7, 11) is 0. The van der Waals surface area contributed by atoms with E-state index < -0.39 is 0 Å². The van der Waals surface area contributed by atoms with Crippen LogP contribution in [0.5, 0.6) is 0 Å². The lowest BCUT2D eigenvalue weighted by atomic mass is 10.1. The minimum Gasteiger partial charge on any atom is -0.339 e. The van der Waals surface area contributed by atoms with Crippen molar-refractivity contribution in [1.82, 2.24) is 4.90 Å². The van der Waals surface area contributed by atoms with E-state index in [4.69, 9.17) is 0 Å². The summed E-state index contributed by atoms with van der Waals surface area (Å²) in [6.45, 7) is 1.78. The molecule has 2 amide bonds. The second kappa shape index (κ2) is 10.5. The highest BCUT2D eigenvalue weighted by Crippen LogP contribution is 2.42. The topological polar surface area (TPSA) is 40.6 Å². The first-order chi connectivity index (χ1) is 17.1. The molecule has 4 nitrogen and oxygen atoms in total. The van der Waals surface area contributed by atoms with Crippen LogP contribution >= 0.6 is 11.8 Å². The number of amides is 2. The first-order valence-electron chi connectivity index (χ1n) is 12.0. The first-order valence-corrected chi connectivity index (χ1v) is 12.8. The van der Waals surface area contributed by atoms with E-state index in [1.165, 1.54) is 30.7 Å². The van der Waals surface area contributed by atoms with Gasteiger partial charge in [0.2, 0.25) is 0 Å². The number of nitrogens with zero attached hydrogens (tertiary/aromatic N) is 2. The first kappa shape index (κ1) is 23.4. The molecule has 0 radical (unpaired) electrons. The van der Waals surface area contributed by atoms with Gasteiger partial charge in [-0.15, -0.1) is 0 Å². The molecule has 2 aliphatic rings. The van der Waals surface area contributed by atoms with Crippen LogP contribution in [0.4, 0.5) is 10.1 Å². The number of para-hydroxylation sites is 1. The zero-order valence-electron chi connectivity index (χ0n) is 19.5. The van der Waals surface area contributed by atoms with Crippen molar-refractivity contribution < 1.29 is 14.0 Å². The number of anilines is 1. The molecule has 0 aromatic heterocycles. The second-order valence-electron chi connectivity index (χ2n) is 8.89. The van der Waals surface area contributed by atoms with Crippen molar-refractivity contribution in [2.45, 2.75) is 37.1 Å². The minimum absolute atomic E-state index is 0.0687. The van der Waals surface area contributed by atoms with Crippen LogP contribution in [0.25, 0.3) is 6.08 Å².